The van der Waals surface area contributed by atoms with E-state index in [1.54, 1.807) is 32.4 Å². The number of hydrogen-bond donors (Lipinski definition) is 1. The van der Waals surface area contributed by atoms with Gasteiger partial charge in [0.2, 0.25) is 0 Å². The normalized spacial score (nSPS) is 14.8. The van der Waals surface area contributed by atoms with E-state index < -0.39 is 15.8 Å². The van der Waals surface area contributed by atoms with E-state index in [9.17, 15) is 4.79 Å². The predicted molar refractivity (Wildman–Crippen MR) is 136 cm³/mol. The summed E-state index contributed by atoms with van der Waals surface area (Å²) in [5, 5.41) is 0. The van der Waals surface area contributed by atoms with Crippen molar-refractivity contribution >= 4 is 52.5 Å². The van der Waals surface area contributed by atoms with Crippen molar-refractivity contribution in [1.29, 1.82) is 0 Å². The minimum absolute atomic E-state index is 0.110. The van der Waals surface area contributed by atoms with E-state index in [2.05, 4.69) is 39.0 Å². The van der Waals surface area contributed by atoms with Crippen LogP contribution in [0.15, 0.2) is 48.5 Å². The molecule has 0 spiro atoms. The number of piperazine rings is 1. The molecule has 2 heterocycles. The number of carbonyl (C=O) groups is 1. The Kier molecular flexibility index (Phi) is 8.04. The quantitative estimate of drug-likeness (QED) is 0.330. The van der Waals surface area contributed by atoms with E-state index in [0.29, 0.717) is 22.0 Å². The number of nitrogens with two attached hydrogens (primary N) is 1. The van der Waals surface area contributed by atoms with E-state index in [0.717, 1.165) is 43.1 Å². The van der Waals surface area contributed by atoms with Crippen LogP contribution in [0.2, 0.25) is 0 Å². The zero-order chi connectivity index (χ0) is 23.2. The van der Waals surface area contributed by atoms with E-state index in [-0.39, 0.29) is 5.78 Å². The van der Waals surface area contributed by atoms with Crippen molar-refractivity contribution in [1.82, 2.24) is 9.88 Å². The SMILES string of the molecule is COCCN1CCN(c2ccc([AsH]c3nc(N)c(C(=O)c4cccc(OC)c4)s3)cc2)CC1. The summed E-state index contributed by atoms with van der Waals surface area (Å²) in [4.78, 5) is 22.8. The molecule has 1 aliphatic rings. The molecule has 1 atom stereocenters. The van der Waals surface area contributed by atoms with Crippen molar-refractivity contribution in [2.75, 3.05) is 64.2 Å². The average molecular weight is 529 g/mol. The Labute approximate surface area is 205 Å². The molecule has 2 N–H and O–H groups in total. The molecule has 1 unspecified atom stereocenters. The summed E-state index contributed by atoms with van der Waals surface area (Å²) >= 11 is 0.747. The number of aromatic nitrogens is 1. The number of nitrogen functional groups attached to an aromatic ring is 1. The van der Waals surface area contributed by atoms with Crippen LogP contribution in [0.25, 0.3) is 0 Å². The van der Waals surface area contributed by atoms with E-state index in [1.807, 2.05) is 6.07 Å². The second-order valence-electron chi connectivity index (χ2n) is 7.79. The van der Waals surface area contributed by atoms with Gasteiger partial charge in [-0.25, -0.2) is 0 Å². The summed E-state index contributed by atoms with van der Waals surface area (Å²) in [5.41, 5.74) is 7.93. The molecule has 33 heavy (non-hydrogen) atoms. The van der Waals surface area contributed by atoms with E-state index >= 15 is 0 Å². The van der Waals surface area contributed by atoms with Crippen LogP contribution in [0.5, 0.6) is 5.75 Å². The van der Waals surface area contributed by atoms with Crippen molar-refractivity contribution in [3.05, 3.63) is 59.0 Å². The molecule has 1 saturated heterocycles. The average Bonchev–Trinajstić information content (AvgIpc) is 3.22. The van der Waals surface area contributed by atoms with Gasteiger partial charge >= 0.3 is 206 Å². The third-order valence-corrected chi connectivity index (χ3v) is 9.70. The Balaban J connectivity index is 1.38. The number of ketones is 1. The summed E-state index contributed by atoms with van der Waals surface area (Å²) in [7, 11) is 3.34. The Hall–Kier alpha value is -2.38. The van der Waals surface area contributed by atoms with Crippen molar-refractivity contribution in [3.63, 3.8) is 0 Å². The molecule has 4 rings (SSSR count). The van der Waals surface area contributed by atoms with Crippen molar-refractivity contribution in [2.45, 2.75) is 0 Å². The standard InChI is InChI=1S/C24H29AsN4O3S/c1-31-15-14-28-10-12-29(13-11-28)19-8-6-18(7-9-19)25-24-27-23(26)22(33-24)21(30)17-4-3-5-20(16-17)32-2/h3-9,16,25H,10-15,26H2,1-2H3. The first-order valence-electron chi connectivity index (χ1n) is 10.9. The zero-order valence-electron chi connectivity index (χ0n) is 18.9. The molecule has 2 aromatic carbocycles. The summed E-state index contributed by atoms with van der Waals surface area (Å²) in [5.74, 6) is 0.852. The molecule has 0 radical (unpaired) electrons. The first-order valence-corrected chi connectivity index (χ1v) is 13.8. The second kappa shape index (κ2) is 11.2. The predicted octanol–water partition coefficient (Wildman–Crippen LogP) is 1.12. The maximum atomic E-state index is 12.9. The Bertz CT molecular complexity index is 1080. The monoisotopic (exact) mass is 528 g/mol. The summed E-state index contributed by atoms with van der Waals surface area (Å²) < 4.78 is 12.6. The van der Waals surface area contributed by atoms with Crippen LogP contribution in [-0.2, 0) is 4.74 Å². The Morgan fingerprint density at radius 1 is 1.12 bits per heavy atom. The number of benzene rings is 2. The van der Waals surface area contributed by atoms with E-state index in [4.69, 9.17) is 15.2 Å². The van der Waals surface area contributed by atoms with Crippen LogP contribution in [0, 0.1) is 0 Å². The van der Waals surface area contributed by atoms with Crippen molar-refractivity contribution < 1.29 is 14.3 Å². The van der Waals surface area contributed by atoms with Gasteiger partial charge in [-0.2, -0.15) is 0 Å². The van der Waals surface area contributed by atoms with Gasteiger partial charge < -0.3 is 0 Å². The summed E-state index contributed by atoms with van der Waals surface area (Å²) in [6.07, 6.45) is 0. The van der Waals surface area contributed by atoms with Gasteiger partial charge in [-0.05, 0) is 0 Å². The number of thiazole rings is 1. The second-order valence-corrected chi connectivity index (χ2v) is 12.3. The fourth-order valence-corrected chi connectivity index (χ4v) is 7.69. The molecule has 9 heteroatoms. The van der Waals surface area contributed by atoms with Gasteiger partial charge in [0.1, 0.15) is 0 Å². The maximum absolute atomic E-state index is 12.9. The molecular weight excluding hydrogens is 499 g/mol. The molecule has 1 fully saturated rings. The molecule has 1 aromatic heterocycles. The van der Waals surface area contributed by atoms with Crippen LogP contribution >= 0.6 is 11.3 Å². The van der Waals surface area contributed by atoms with Crippen LogP contribution in [0.3, 0.4) is 0 Å². The first-order chi connectivity index (χ1) is 16.1. The number of rotatable bonds is 9. The van der Waals surface area contributed by atoms with E-state index in [1.165, 1.54) is 21.4 Å². The molecule has 174 valence electrons. The van der Waals surface area contributed by atoms with Crippen LogP contribution in [0.4, 0.5) is 11.5 Å². The van der Waals surface area contributed by atoms with Crippen LogP contribution in [-0.4, -0.2) is 85.0 Å². The molecular formula is C24H29AsN4O3S. The summed E-state index contributed by atoms with van der Waals surface area (Å²) in [6, 6.07) is 15.9. The number of methoxy groups -OCH3 is 2. The van der Waals surface area contributed by atoms with Gasteiger partial charge in [0.05, 0.1) is 0 Å². The molecule has 0 bridgehead atoms. The molecule has 3 aromatic rings. The fraction of sp³-hybridized carbons (Fsp3) is 0.333. The number of hydrogen-bond acceptors (Lipinski definition) is 8. The zero-order valence-corrected chi connectivity index (χ0v) is 21.8. The van der Waals surface area contributed by atoms with Crippen molar-refractivity contribution in [3.8, 4) is 5.75 Å². The van der Waals surface area contributed by atoms with Gasteiger partial charge in [0.25, 0.3) is 0 Å². The molecule has 0 aliphatic carbocycles. The van der Waals surface area contributed by atoms with Gasteiger partial charge in [0.15, 0.2) is 0 Å². The van der Waals surface area contributed by atoms with Gasteiger partial charge in [-0.3, -0.25) is 0 Å². The van der Waals surface area contributed by atoms with Crippen molar-refractivity contribution in [2.24, 2.45) is 0 Å². The van der Waals surface area contributed by atoms with Crippen LogP contribution < -0.4 is 23.5 Å². The van der Waals surface area contributed by atoms with Crippen LogP contribution in [0.1, 0.15) is 15.2 Å². The molecule has 1 aliphatic heterocycles. The minimum atomic E-state index is -0.666. The Morgan fingerprint density at radius 3 is 2.58 bits per heavy atom. The first kappa shape index (κ1) is 23.8. The number of ether oxygens (including phenoxy) is 2. The third kappa shape index (κ3) is 5.95. The third-order valence-electron chi connectivity index (χ3n) is 5.66. The Morgan fingerprint density at radius 2 is 1.88 bits per heavy atom. The number of anilines is 2. The molecule has 0 saturated carbocycles. The van der Waals surface area contributed by atoms with Gasteiger partial charge in [0, 0.05) is 0 Å². The van der Waals surface area contributed by atoms with Gasteiger partial charge in [-0.1, -0.05) is 0 Å². The number of nitrogens with zero attached hydrogens (tertiary/aromatic N) is 3. The number of carbonyl (C=O) groups excluding carboxylic acids is 1. The fourth-order valence-electron chi connectivity index (χ4n) is 3.77. The van der Waals surface area contributed by atoms with Gasteiger partial charge in [-0.15, -0.1) is 0 Å². The molecule has 7 nitrogen and oxygen atoms in total. The topological polar surface area (TPSA) is 80.9 Å². The molecule has 0 amide bonds. The summed E-state index contributed by atoms with van der Waals surface area (Å²) in [6.45, 7) is 5.94.